The highest BCUT2D eigenvalue weighted by Crippen LogP contribution is 2.28. The number of aliphatic hydroxyl groups excluding tert-OH is 1. The molecule has 2 heterocycles. The summed E-state index contributed by atoms with van der Waals surface area (Å²) in [6, 6.07) is -0.275. The molecule has 0 radical (unpaired) electrons. The summed E-state index contributed by atoms with van der Waals surface area (Å²) in [7, 11) is -3.43. The fourth-order valence-electron chi connectivity index (χ4n) is 2.46. The number of aliphatic hydroxyl groups is 1. The van der Waals surface area contributed by atoms with Crippen LogP contribution in [0.5, 0.6) is 0 Å². The van der Waals surface area contributed by atoms with Gasteiger partial charge in [0.1, 0.15) is 0 Å². The summed E-state index contributed by atoms with van der Waals surface area (Å²) in [5, 5.41) is 9.32. The average Bonchev–Trinajstić information content (AvgIpc) is 2.72. The molecule has 0 aromatic carbocycles. The van der Waals surface area contributed by atoms with Gasteiger partial charge in [0.25, 0.3) is 10.2 Å². The Morgan fingerprint density at radius 2 is 1.94 bits per heavy atom. The summed E-state index contributed by atoms with van der Waals surface area (Å²) in [5.41, 5.74) is 0. The standard InChI is InChI=1S/C10H20N2O4S/c1-9-2-3-12(10(9)8-13)17(14,15)11-4-6-16-7-5-11/h9-10,13H,2-8H2,1H3. The van der Waals surface area contributed by atoms with Crippen LogP contribution in [0.25, 0.3) is 0 Å². The number of morpholine rings is 1. The lowest BCUT2D eigenvalue weighted by atomic mass is 10.0. The van der Waals surface area contributed by atoms with E-state index in [1.54, 1.807) is 0 Å². The van der Waals surface area contributed by atoms with Crippen LogP contribution in [0.3, 0.4) is 0 Å². The summed E-state index contributed by atoms with van der Waals surface area (Å²) in [6.45, 7) is 4.10. The van der Waals surface area contributed by atoms with Gasteiger partial charge in [0.15, 0.2) is 0 Å². The van der Waals surface area contributed by atoms with Crippen molar-refractivity contribution in [1.82, 2.24) is 8.61 Å². The molecule has 2 saturated heterocycles. The van der Waals surface area contributed by atoms with Crippen molar-refractivity contribution in [2.75, 3.05) is 39.5 Å². The molecule has 0 saturated carbocycles. The number of rotatable bonds is 3. The van der Waals surface area contributed by atoms with E-state index >= 15 is 0 Å². The maximum Gasteiger partial charge on any atom is 0.282 e. The van der Waals surface area contributed by atoms with E-state index in [0.717, 1.165) is 6.42 Å². The molecule has 0 aromatic rings. The second-order valence-electron chi connectivity index (χ2n) is 4.65. The third-order valence-corrected chi connectivity index (χ3v) is 5.68. The van der Waals surface area contributed by atoms with Gasteiger partial charge >= 0.3 is 0 Å². The minimum absolute atomic E-state index is 0.106. The van der Waals surface area contributed by atoms with Gasteiger partial charge in [-0.3, -0.25) is 0 Å². The lowest BCUT2D eigenvalue weighted by molar-refractivity contribution is 0.0687. The van der Waals surface area contributed by atoms with Crippen LogP contribution in [0.2, 0.25) is 0 Å². The Morgan fingerprint density at radius 3 is 2.53 bits per heavy atom. The highest BCUT2D eigenvalue weighted by atomic mass is 32.2. The molecule has 17 heavy (non-hydrogen) atoms. The predicted molar refractivity (Wildman–Crippen MR) is 62.7 cm³/mol. The largest absolute Gasteiger partial charge is 0.395 e. The summed E-state index contributed by atoms with van der Waals surface area (Å²) in [6.07, 6.45) is 0.814. The van der Waals surface area contributed by atoms with E-state index in [1.165, 1.54) is 8.61 Å². The summed E-state index contributed by atoms with van der Waals surface area (Å²) < 4.78 is 32.8. The monoisotopic (exact) mass is 264 g/mol. The fourth-order valence-corrected chi connectivity index (χ4v) is 4.32. The maximum atomic E-state index is 12.4. The summed E-state index contributed by atoms with van der Waals surface area (Å²) in [4.78, 5) is 0. The van der Waals surface area contributed by atoms with Gasteiger partial charge in [0.2, 0.25) is 0 Å². The van der Waals surface area contributed by atoms with Gasteiger partial charge in [0, 0.05) is 19.6 Å². The van der Waals surface area contributed by atoms with E-state index in [2.05, 4.69) is 0 Å². The molecule has 0 aliphatic carbocycles. The van der Waals surface area contributed by atoms with Crippen molar-refractivity contribution in [2.24, 2.45) is 5.92 Å². The van der Waals surface area contributed by atoms with Crippen LogP contribution in [0.15, 0.2) is 0 Å². The predicted octanol–water partition coefficient (Wildman–Crippen LogP) is -0.734. The molecule has 1 N–H and O–H groups in total. The molecule has 2 aliphatic heterocycles. The van der Waals surface area contributed by atoms with E-state index in [-0.39, 0.29) is 18.6 Å². The van der Waals surface area contributed by atoms with Gasteiger partial charge < -0.3 is 9.84 Å². The molecule has 2 atom stereocenters. The second kappa shape index (κ2) is 5.19. The van der Waals surface area contributed by atoms with Crippen molar-refractivity contribution >= 4 is 10.2 Å². The van der Waals surface area contributed by atoms with Crippen LogP contribution in [-0.2, 0) is 14.9 Å². The average molecular weight is 264 g/mol. The first-order chi connectivity index (χ1) is 8.07. The molecule has 0 aromatic heterocycles. The van der Waals surface area contributed by atoms with E-state index in [0.29, 0.717) is 32.8 Å². The van der Waals surface area contributed by atoms with Crippen LogP contribution < -0.4 is 0 Å². The quantitative estimate of drug-likeness (QED) is 0.729. The minimum Gasteiger partial charge on any atom is -0.395 e. The zero-order valence-corrected chi connectivity index (χ0v) is 10.9. The van der Waals surface area contributed by atoms with Gasteiger partial charge in [-0.1, -0.05) is 6.92 Å². The molecule has 2 unspecified atom stereocenters. The summed E-state index contributed by atoms with van der Waals surface area (Å²) in [5.74, 6) is 0.218. The molecular formula is C10H20N2O4S. The highest BCUT2D eigenvalue weighted by molar-refractivity contribution is 7.86. The van der Waals surface area contributed by atoms with Crippen LogP contribution >= 0.6 is 0 Å². The molecule has 100 valence electrons. The molecule has 6 nitrogen and oxygen atoms in total. The topological polar surface area (TPSA) is 70.1 Å². The Kier molecular flexibility index (Phi) is 4.04. The van der Waals surface area contributed by atoms with Crippen molar-refractivity contribution < 1.29 is 18.3 Å². The molecule has 0 spiro atoms. The zero-order valence-electron chi connectivity index (χ0n) is 10.1. The van der Waals surface area contributed by atoms with Crippen LogP contribution in [0.1, 0.15) is 13.3 Å². The molecule has 7 heteroatoms. The van der Waals surface area contributed by atoms with Gasteiger partial charge in [-0.05, 0) is 12.3 Å². The van der Waals surface area contributed by atoms with Crippen LogP contribution in [0, 0.1) is 5.92 Å². The van der Waals surface area contributed by atoms with Crippen molar-refractivity contribution in [3.63, 3.8) is 0 Å². The third kappa shape index (κ3) is 2.48. The Balaban J connectivity index is 2.14. The summed E-state index contributed by atoms with van der Waals surface area (Å²) >= 11 is 0. The smallest absolute Gasteiger partial charge is 0.282 e. The molecule has 2 aliphatic rings. The van der Waals surface area contributed by atoms with Crippen molar-refractivity contribution in [2.45, 2.75) is 19.4 Å². The zero-order chi connectivity index (χ0) is 12.5. The van der Waals surface area contributed by atoms with E-state index in [4.69, 9.17) is 4.74 Å². The lowest BCUT2D eigenvalue weighted by Crippen LogP contribution is -2.51. The molecule has 0 bridgehead atoms. The number of ether oxygens (including phenoxy) is 1. The van der Waals surface area contributed by atoms with Gasteiger partial charge in [-0.25, -0.2) is 0 Å². The Bertz CT molecular complexity index is 353. The number of hydrogen-bond donors (Lipinski definition) is 1. The van der Waals surface area contributed by atoms with Crippen molar-refractivity contribution in [1.29, 1.82) is 0 Å². The fraction of sp³-hybridized carbons (Fsp3) is 1.00. The van der Waals surface area contributed by atoms with Gasteiger partial charge in [-0.2, -0.15) is 17.0 Å². The first-order valence-electron chi connectivity index (χ1n) is 6.03. The molecule has 2 rings (SSSR count). The second-order valence-corrected chi connectivity index (χ2v) is 6.53. The van der Waals surface area contributed by atoms with Crippen molar-refractivity contribution in [3.8, 4) is 0 Å². The maximum absolute atomic E-state index is 12.4. The normalized spacial score (nSPS) is 33.1. The lowest BCUT2D eigenvalue weighted by Gasteiger charge is -2.33. The SMILES string of the molecule is CC1CCN(S(=O)(=O)N2CCOCC2)C1CO. The van der Waals surface area contributed by atoms with E-state index < -0.39 is 10.2 Å². The van der Waals surface area contributed by atoms with Crippen LogP contribution in [0.4, 0.5) is 0 Å². The Labute approximate surface area is 102 Å². The molecule has 2 fully saturated rings. The van der Waals surface area contributed by atoms with Crippen molar-refractivity contribution in [3.05, 3.63) is 0 Å². The highest BCUT2D eigenvalue weighted by Gasteiger charge is 2.41. The number of hydrogen-bond acceptors (Lipinski definition) is 4. The van der Waals surface area contributed by atoms with E-state index in [9.17, 15) is 13.5 Å². The molecular weight excluding hydrogens is 244 g/mol. The minimum atomic E-state index is -3.43. The van der Waals surface area contributed by atoms with Gasteiger partial charge in [-0.15, -0.1) is 0 Å². The Morgan fingerprint density at radius 1 is 1.29 bits per heavy atom. The third-order valence-electron chi connectivity index (χ3n) is 3.61. The first-order valence-corrected chi connectivity index (χ1v) is 7.42. The van der Waals surface area contributed by atoms with Crippen LogP contribution in [-0.4, -0.2) is 67.6 Å². The van der Waals surface area contributed by atoms with Gasteiger partial charge in [0.05, 0.1) is 25.9 Å². The van der Waals surface area contributed by atoms with E-state index in [1.807, 2.05) is 6.92 Å². The number of nitrogens with zero attached hydrogens (tertiary/aromatic N) is 2. The molecule has 0 amide bonds. The Hall–Kier alpha value is -0.210. The first kappa shape index (κ1) is 13.2.